The minimum Gasteiger partial charge on any atom is -0.299 e. The number of rotatable bonds is 10. The summed E-state index contributed by atoms with van der Waals surface area (Å²) in [5.41, 5.74) is 2.95. The molecule has 0 N–H and O–H groups in total. The summed E-state index contributed by atoms with van der Waals surface area (Å²) >= 11 is 0. The molecule has 0 aliphatic heterocycles. The van der Waals surface area contributed by atoms with Gasteiger partial charge in [0.2, 0.25) is 0 Å². The monoisotopic (exact) mass is 337 g/mol. The van der Waals surface area contributed by atoms with Gasteiger partial charge in [-0.25, -0.2) is 0 Å². The van der Waals surface area contributed by atoms with Gasteiger partial charge in [0.1, 0.15) is 0 Å². The molecule has 0 radical (unpaired) electrons. The lowest BCUT2D eigenvalue weighted by Gasteiger charge is -2.31. The van der Waals surface area contributed by atoms with Crippen LogP contribution in [0.15, 0.2) is 60.7 Å². The van der Waals surface area contributed by atoms with Gasteiger partial charge < -0.3 is 0 Å². The van der Waals surface area contributed by atoms with Crippen LogP contribution in [0.3, 0.4) is 0 Å². The second-order valence-electron chi connectivity index (χ2n) is 7.70. The van der Waals surface area contributed by atoms with Crippen molar-refractivity contribution in [1.82, 2.24) is 4.90 Å². The van der Waals surface area contributed by atoms with E-state index in [1.165, 1.54) is 43.4 Å². The molecule has 0 saturated heterocycles. The fraction of sp³-hybridized carbons (Fsp3) is 0.500. The minimum absolute atomic E-state index is 0.625. The van der Waals surface area contributed by atoms with E-state index in [-0.39, 0.29) is 0 Å². The molecule has 0 aliphatic rings. The minimum atomic E-state index is 0.625. The Balaban J connectivity index is 1.95. The number of nitrogens with zero attached hydrogens (tertiary/aromatic N) is 1. The highest BCUT2D eigenvalue weighted by Crippen LogP contribution is 2.27. The maximum atomic E-state index is 2.61. The van der Waals surface area contributed by atoms with Gasteiger partial charge in [-0.2, -0.15) is 0 Å². The van der Waals surface area contributed by atoms with Crippen molar-refractivity contribution in [1.29, 1.82) is 0 Å². The van der Waals surface area contributed by atoms with Crippen molar-refractivity contribution in [2.75, 3.05) is 6.54 Å². The second-order valence-corrected chi connectivity index (χ2v) is 7.70. The smallest absolute Gasteiger partial charge is 0.00412 e. The molecule has 0 saturated carbocycles. The largest absolute Gasteiger partial charge is 0.299 e. The SMILES string of the molecule is CC(C)N(CCCC(CCc1ccccc1)c1ccccc1)C(C)C. The van der Waals surface area contributed by atoms with Crippen molar-refractivity contribution in [3.05, 3.63) is 71.8 Å². The van der Waals surface area contributed by atoms with Gasteiger partial charge in [-0.05, 0) is 77.0 Å². The van der Waals surface area contributed by atoms with Crippen LogP contribution >= 0.6 is 0 Å². The third-order valence-electron chi connectivity index (χ3n) is 5.19. The van der Waals surface area contributed by atoms with E-state index in [9.17, 15) is 0 Å². The van der Waals surface area contributed by atoms with Crippen molar-refractivity contribution in [2.24, 2.45) is 0 Å². The Morgan fingerprint density at radius 2 is 1.28 bits per heavy atom. The van der Waals surface area contributed by atoms with E-state index in [1.807, 2.05) is 0 Å². The van der Waals surface area contributed by atoms with Crippen LogP contribution in [0.2, 0.25) is 0 Å². The van der Waals surface area contributed by atoms with Crippen LogP contribution in [0, 0.1) is 0 Å². The molecule has 0 aliphatic carbocycles. The molecule has 1 nitrogen and oxygen atoms in total. The zero-order valence-corrected chi connectivity index (χ0v) is 16.5. The van der Waals surface area contributed by atoms with Gasteiger partial charge >= 0.3 is 0 Å². The number of hydrogen-bond acceptors (Lipinski definition) is 1. The number of benzene rings is 2. The zero-order valence-electron chi connectivity index (χ0n) is 16.5. The summed E-state index contributed by atoms with van der Waals surface area (Å²) in [5.74, 6) is 0.655. The summed E-state index contributed by atoms with van der Waals surface area (Å²) in [6, 6.07) is 23.2. The molecule has 2 rings (SSSR count). The van der Waals surface area contributed by atoms with Gasteiger partial charge in [0.05, 0.1) is 0 Å². The van der Waals surface area contributed by atoms with Crippen molar-refractivity contribution < 1.29 is 0 Å². The van der Waals surface area contributed by atoms with Gasteiger partial charge in [-0.15, -0.1) is 0 Å². The van der Waals surface area contributed by atoms with Crippen LogP contribution in [0.4, 0.5) is 0 Å². The lowest BCUT2D eigenvalue weighted by Crippen LogP contribution is -2.37. The Labute approximate surface area is 155 Å². The summed E-state index contributed by atoms with van der Waals surface area (Å²) in [7, 11) is 0. The van der Waals surface area contributed by atoms with Gasteiger partial charge in [-0.3, -0.25) is 4.90 Å². The fourth-order valence-corrected chi connectivity index (χ4v) is 3.82. The normalized spacial score (nSPS) is 12.9. The van der Waals surface area contributed by atoms with Crippen molar-refractivity contribution in [3.8, 4) is 0 Å². The molecule has 1 heteroatoms. The van der Waals surface area contributed by atoms with Crippen molar-refractivity contribution in [2.45, 2.75) is 71.4 Å². The highest BCUT2D eigenvalue weighted by molar-refractivity contribution is 5.21. The average molecular weight is 338 g/mol. The van der Waals surface area contributed by atoms with Crippen LogP contribution in [0.25, 0.3) is 0 Å². The summed E-state index contributed by atoms with van der Waals surface area (Å²) in [4.78, 5) is 2.61. The summed E-state index contributed by atoms with van der Waals surface area (Å²) in [6.45, 7) is 10.4. The molecule has 2 aromatic carbocycles. The predicted molar refractivity (Wildman–Crippen MR) is 110 cm³/mol. The third-order valence-corrected chi connectivity index (χ3v) is 5.19. The first kappa shape index (κ1) is 19.7. The van der Waals surface area contributed by atoms with Crippen LogP contribution in [0.5, 0.6) is 0 Å². The van der Waals surface area contributed by atoms with E-state index in [1.54, 1.807) is 0 Å². The molecule has 0 aromatic heterocycles. The van der Waals surface area contributed by atoms with Gasteiger partial charge in [0.15, 0.2) is 0 Å². The van der Waals surface area contributed by atoms with Crippen molar-refractivity contribution in [3.63, 3.8) is 0 Å². The molecule has 0 heterocycles. The van der Waals surface area contributed by atoms with Crippen LogP contribution in [-0.2, 0) is 6.42 Å². The maximum Gasteiger partial charge on any atom is 0.00412 e. The Bertz CT molecular complexity index is 566. The van der Waals surface area contributed by atoms with Crippen LogP contribution < -0.4 is 0 Å². The standard InChI is InChI=1S/C24H35N/c1-20(2)25(21(3)4)19-11-16-24(23-14-9-6-10-15-23)18-17-22-12-7-5-8-13-22/h5-10,12-15,20-21,24H,11,16-19H2,1-4H3. The topological polar surface area (TPSA) is 3.24 Å². The van der Waals surface area contributed by atoms with Gasteiger partial charge in [0, 0.05) is 12.1 Å². The molecule has 25 heavy (non-hydrogen) atoms. The number of hydrogen-bond donors (Lipinski definition) is 0. The van der Waals surface area contributed by atoms with E-state index in [2.05, 4.69) is 93.3 Å². The first-order valence-corrected chi connectivity index (χ1v) is 9.92. The third kappa shape index (κ3) is 6.66. The molecule has 2 aromatic rings. The second kappa shape index (κ2) is 10.4. The van der Waals surface area contributed by atoms with E-state index < -0.39 is 0 Å². The molecular weight excluding hydrogens is 302 g/mol. The van der Waals surface area contributed by atoms with E-state index in [4.69, 9.17) is 0 Å². The van der Waals surface area contributed by atoms with E-state index in [0.29, 0.717) is 18.0 Å². The maximum absolute atomic E-state index is 2.61. The Kier molecular flexibility index (Phi) is 8.21. The Morgan fingerprint density at radius 3 is 1.84 bits per heavy atom. The molecule has 0 spiro atoms. The predicted octanol–water partition coefficient (Wildman–Crippen LogP) is 6.30. The zero-order chi connectivity index (χ0) is 18.1. The van der Waals surface area contributed by atoms with Crippen molar-refractivity contribution >= 4 is 0 Å². The highest BCUT2D eigenvalue weighted by Gasteiger charge is 2.16. The Morgan fingerprint density at radius 1 is 0.720 bits per heavy atom. The van der Waals surface area contributed by atoms with Gasteiger partial charge in [0.25, 0.3) is 0 Å². The molecule has 136 valence electrons. The summed E-state index contributed by atoms with van der Waals surface area (Å²) in [5, 5.41) is 0. The van der Waals surface area contributed by atoms with Gasteiger partial charge in [-0.1, -0.05) is 60.7 Å². The summed E-state index contributed by atoms with van der Waals surface area (Å²) in [6.07, 6.45) is 4.94. The lowest BCUT2D eigenvalue weighted by molar-refractivity contribution is 0.170. The van der Waals surface area contributed by atoms with Crippen LogP contribution in [0.1, 0.15) is 64.0 Å². The van der Waals surface area contributed by atoms with E-state index >= 15 is 0 Å². The lowest BCUT2D eigenvalue weighted by atomic mass is 9.88. The Hall–Kier alpha value is -1.60. The van der Waals surface area contributed by atoms with Crippen LogP contribution in [-0.4, -0.2) is 23.5 Å². The number of aryl methyl sites for hydroxylation is 1. The molecule has 0 fully saturated rings. The molecular formula is C24H35N. The fourth-order valence-electron chi connectivity index (χ4n) is 3.82. The highest BCUT2D eigenvalue weighted by atomic mass is 15.2. The first-order chi connectivity index (χ1) is 12.1. The van der Waals surface area contributed by atoms with E-state index in [0.717, 1.165) is 0 Å². The molecule has 0 amide bonds. The molecule has 1 atom stereocenters. The summed E-state index contributed by atoms with van der Waals surface area (Å²) < 4.78 is 0. The molecule has 1 unspecified atom stereocenters. The first-order valence-electron chi connectivity index (χ1n) is 9.92. The average Bonchev–Trinajstić information content (AvgIpc) is 2.62. The molecule has 0 bridgehead atoms. The quantitative estimate of drug-likeness (QED) is 0.491.